The van der Waals surface area contributed by atoms with Gasteiger partial charge in [-0.15, -0.1) is 0 Å². The zero-order valence-corrected chi connectivity index (χ0v) is 12.4. The summed E-state index contributed by atoms with van der Waals surface area (Å²) in [6.07, 6.45) is 4.92. The van der Waals surface area contributed by atoms with Crippen molar-refractivity contribution >= 4 is 21.6 Å². The first kappa shape index (κ1) is 13.7. The summed E-state index contributed by atoms with van der Waals surface area (Å²) in [6, 6.07) is 5.54. The highest BCUT2D eigenvalue weighted by molar-refractivity contribution is 7.90. The van der Waals surface area contributed by atoms with Gasteiger partial charge in [-0.2, -0.15) is 12.7 Å². The van der Waals surface area contributed by atoms with Crippen molar-refractivity contribution < 1.29 is 8.42 Å². The van der Waals surface area contributed by atoms with E-state index in [1.807, 2.05) is 12.1 Å². The third-order valence-electron chi connectivity index (χ3n) is 4.13. The average Bonchev–Trinajstić information content (AvgIpc) is 2.65. The Balaban J connectivity index is 1.91. The van der Waals surface area contributed by atoms with Gasteiger partial charge in [0.2, 0.25) is 0 Å². The number of rotatable bonds is 2. The summed E-state index contributed by atoms with van der Waals surface area (Å²) in [5, 5.41) is 0. The van der Waals surface area contributed by atoms with Gasteiger partial charge in [-0.1, -0.05) is 18.9 Å². The molecule has 110 valence electrons. The molecule has 1 aromatic rings. The summed E-state index contributed by atoms with van der Waals surface area (Å²) in [4.78, 5) is 0. The first-order chi connectivity index (χ1) is 9.59. The second kappa shape index (κ2) is 5.26. The van der Waals surface area contributed by atoms with Crippen molar-refractivity contribution in [3.8, 4) is 0 Å². The van der Waals surface area contributed by atoms with E-state index in [0.717, 1.165) is 43.4 Å². The van der Waals surface area contributed by atoms with Crippen molar-refractivity contribution in [2.75, 3.05) is 29.7 Å². The van der Waals surface area contributed by atoms with E-state index in [2.05, 4.69) is 0 Å². The molecule has 2 aliphatic rings. The van der Waals surface area contributed by atoms with E-state index in [9.17, 15) is 8.42 Å². The van der Waals surface area contributed by atoms with Gasteiger partial charge >= 0.3 is 10.2 Å². The van der Waals surface area contributed by atoms with E-state index in [1.165, 1.54) is 4.31 Å². The van der Waals surface area contributed by atoms with E-state index in [1.54, 1.807) is 10.4 Å². The van der Waals surface area contributed by atoms with Crippen molar-refractivity contribution in [1.82, 2.24) is 4.31 Å². The average molecular weight is 295 g/mol. The lowest BCUT2D eigenvalue weighted by atomic mass is 10.1. The minimum absolute atomic E-state index is 0.525. The molecule has 20 heavy (non-hydrogen) atoms. The molecule has 0 radical (unpaired) electrons. The van der Waals surface area contributed by atoms with Crippen LogP contribution in [0, 0.1) is 0 Å². The monoisotopic (exact) mass is 295 g/mol. The third kappa shape index (κ3) is 2.38. The van der Waals surface area contributed by atoms with E-state index in [4.69, 9.17) is 5.73 Å². The zero-order valence-electron chi connectivity index (χ0n) is 11.6. The first-order valence-electron chi connectivity index (χ1n) is 7.25. The molecule has 2 aliphatic heterocycles. The number of anilines is 2. The van der Waals surface area contributed by atoms with Crippen LogP contribution in [0.4, 0.5) is 11.4 Å². The Morgan fingerprint density at radius 2 is 1.70 bits per heavy atom. The summed E-state index contributed by atoms with van der Waals surface area (Å²) < 4.78 is 28.8. The fourth-order valence-electron chi connectivity index (χ4n) is 3.02. The predicted molar refractivity (Wildman–Crippen MR) is 80.9 cm³/mol. The van der Waals surface area contributed by atoms with Gasteiger partial charge in [0.1, 0.15) is 0 Å². The van der Waals surface area contributed by atoms with Crippen molar-refractivity contribution in [3.63, 3.8) is 0 Å². The highest BCUT2D eigenvalue weighted by atomic mass is 32.2. The van der Waals surface area contributed by atoms with Crippen molar-refractivity contribution in [1.29, 1.82) is 0 Å². The molecule has 2 heterocycles. The van der Waals surface area contributed by atoms with Crippen molar-refractivity contribution in [2.24, 2.45) is 0 Å². The zero-order chi connectivity index (χ0) is 14.2. The maximum atomic E-state index is 12.8. The standard InChI is InChI=1S/C14H21N3O2S/c15-13-6-5-12-7-10-17(14(12)11-13)20(18,19)16-8-3-1-2-4-9-16/h5-6,11H,1-4,7-10,15H2. The summed E-state index contributed by atoms with van der Waals surface area (Å²) in [5.74, 6) is 0. The van der Waals surface area contributed by atoms with Crippen LogP contribution in [-0.2, 0) is 16.6 Å². The molecule has 5 nitrogen and oxygen atoms in total. The van der Waals surface area contributed by atoms with Crippen LogP contribution in [0.15, 0.2) is 18.2 Å². The second-order valence-electron chi connectivity index (χ2n) is 5.53. The molecular formula is C14H21N3O2S. The minimum Gasteiger partial charge on any atom is -0.399 e. The normalized spacial score (nSPS) is 20.7. The van der Waals surface area contributed by atoms with Gasteiger partial charge in [-0.05, 0) is 37.0 Å². The Bertz CT molecular complexity index is 592. The van der Waals surface area contributed by atoms with Gasteiger partial charge in [0, 0.05) is 25.3 Å². The number of nitrogen functional groups attached to an aromatic ring is 1. The van der Waals surface area contributed by atoms with Crippen LogP contribution in [0.5, 0.6) is 0 Å². The fraction of sp³-hybridized carbons (Fsp3) is 0.571. The fourth-order valence-corrected chi connectivity index (χ4v) is 4.76. The van der Waals surface area contributed by atoms with E-state index >= 15 is 0 Å². The molecule has 2 N–H and O–H groups in total. The lowest BCUT2D eigenvalue weighted by Crippen LogP contribution is -2.43. The molecule has 0 atom stereocenters. The van der Waals surface area contributed by atoms with E-state index in [0.29, 0.717) is 25.3 Å². The van der Waals surface area contributed by atoms with E-state index < -0.39 is 10.2 Å². The summed E-state index contributed by atoms with van der Waals surface area (Å²) >= 11 is 0. The lowest BCUT2D eigenvalue weighted by Gasteiger charge is -2.28. The van der Waals surface area contributed by atoms with Gasteiger partial charge in [0.15, 0.2) is 0 Å². The quantitative estimate of drug-likeness (QED) is 0.845. The number of fused-ring (bicyclic) bond motifs is 1. The molecule has 1 fully saturated rings. The molecular weight excluding hydrogens is 274 g/mol. The van der Waals surface area contributed by atoms with Gasteiger partial charge in [0.05, 0.1) is 5.69 Å². The van der Waals surface area contributed by atoms with Crippen LogP contribution >= 0.6 is 0 Å². The Morgan fingerprint density at radius 1 is 1.00 bits per heavy atom. The Morgan fingerprint density at radius 3 is 2.40 bits per heavy atom. The molecule has 0 bridgehead atoms. The smallest absolute Gasteiger partial charge is 0.304 e. The van der Waals surface area contributed by atoms with Gasteiger partial charge in [0.25, 0.3) is 0 Å². The van der Waals surface area contributed by atoms with Crippen LogP contribution in [0.25, 0.3) is 0 Å². The van der Waals surface area contributed by atoms with Crippen molar-refractivity contribution in [3.05, 3.63) is 23.8 Å². The predicted octanol–water partition coefficient (Wildman–Crippen LogP) is 1.75. The number of nitrogens with zero attached hydrogens (tertiary/aromatic N) is 2. The van der Waals surface area contributed by atoms with Gasteiger partial charge in [-0.3, -0.25) is 4.31 Å². The topological polar surface area (TPSA) is 66.6 Å². The lowest BCUT2D eigenvalue weighted by molar-refractivity contribution is 0.421. The SMILES string of the molecule is Nc1ccc2c(c1)N(S(=O)(=O)N1CCCCCC1)CC2. The van der Waals surface area contributed by atoms with Gasteiger partial charge < -0.3 is 5.73 Å². The molecule has 6 heteroatoms. The van der Waals surface area contributed by atoms with Crippen LogP contribution in [0.3, 0.4) is 0 Å². The number of hydrogen-bond donors (Lipinski definition) is 1. The maximum Gasteiger partial charge on any atom is 0.304 e. The largest absolute Gasteiger partial charge is 0.399 e. The van der Waals surface area contributed by atoms with Crippen molar-refractivity contribution in [2.45, 2.75) is 32.1 Å². The molecule has 0 aliphatic carbocycles. The molecule has 0 aromatic heterocycles. The second-order valence-corrected chi connectivity index (χ2v) is 7.38. The Kier molecular flexibility index (Phi) is 3.60. The number of hydrogen-bond acceptors (Lipinski definition) is 3. The van der Waals surface area contributed by atoms with Gasteiger partial charge in [-0.25, -0.2) is 0 Å². The van der Waals surface area contributed by atoms with E-state index in [-0.39, 0.29) is 0 Å². The maximum absolute atomic E-state index is 12.8. The molecule has 3 rings (SSSR count). The first-order valence-corrected chi connectivity index (χ1v) is 8.65. The number of benzene rings is 1. The van der Waals surface area contributed by atoms with Crippen LogP contribution in [-0.4, -0.2) is 32.4 Å². The molecule has 1 aromatic carbocycles. The number of nitrogens with two attached hydrogens (primary N) is 1. The molecule has 1 saturated heterocycles. The summed E-state index contributed by atoms with van der Waals surface area (Å²) in [6.45, 7) is 1.80. The van der Waals surface area contributed by atoms with Crippen LogP contribution < -0.4 is 10.0 Å². The third-order valence-corrected chi connectivity index (χ3v) is 6.09. The molecule has 0 spiro atoms. The Hall–Kier alpha value is -1.27. The van der Waals surface area contributed by atoms with Crippen LogP contribution in [0.1, 0.15) is 31.2 Å². The minimum atomic E-state index is -3.40. The highest BCUT2D eigenvalue weighted by Gasteiger charge is 2.34. The summed E-state index contributed by atoms with van der Waals surface area (Å²) in [7, 11) is -3.40. The molecule has 0 amide bonds. The Labute approximate surface area is 120 Å². The highest BCUT2D eigenvalue weighted by Crippen LogP contribution is 2.33. The summed E-state index contributed by atoms with van der Waals surface area (Å²) in [5.41, 5.74) is 8.24. The van der Waals surface area contributed by atoms with Crippen LogP contribution in [0.2, 0.25) is 0 Å². The molecule has 0 saturated carbocycles. The molecule has 0 unspecified atom stereocenters.